The maximum atomic E-state index is 8.88. The van der Waals surface area contributed by atoms with Gasteiger partial charge in [-0.25, -0.2) is 4.98 Å². The van der Waals surface area contributed by atoms with E-state index in [0.29, 0.717) is 0 Å². The molecule has 2 rings (SSSR count). The van der Waals surface area contributed by atoms with E-state index >= 15 is 0 Å². The van der Waals surface area contributed by atoms with Crippen molar-refractivity contribution in [2.24, 2.45) is 0 Å². The Kier molecular flexibility index (Phi) is 2.99. The molecule has 1 aromatic heterocycles. The van der Waals surface area contributed by atoms with Crippen LogP contribution in [-0.2, 0) is 6.61 Å². The van der Waals surface area contributed by atoms with Gasteiger partial charge in [0.1, 0.15) is 5.82 Å². The summed E-state index contributed by atoms with van der Waals surface area (Å²) in [5.74, 6) is 1.02. The monoisotopic (exact) mass is 191 g/mol. The van der Waals surface area contributed by atoms with E-state index in [1.807, 2.05) is 12.1 Å². The lowest BCUT2D eigenvalue weighted by Crippen LogP contribution is -2.30. The first-order valence-corrected chi connectivity index (χ1v) is 5.02. The zero-order valence-electron chi connectivity index (χ0n) is 8.19. The van der Waals surface area contributed by atoms with Gasteiger partial charge in [-0.1, -0.05) is 6.07 Å². The summed E-state index contributed by atoms with van der Waals surface area (Å²) in [6.07, 6.45) is 6.35. The largest absolute Gasteiger partial charge is 0.392 e. The Morgan fingerprint density at radius 1 is 1.29 bits per heavy atom. The molecule has 1 aromatic rings. The third-order valence-corrected chi connectivity index (χ3v) is 2.52. The number of piperidine rings is 1. The lowest BCUT2D eigenvalue weighted by Gasteiger charge is -2.27. The minimum absolute atomic E-state index is 0.0705. The van der Waals surface area contributed by atoms with E-state index in [0.717, 1.165) is 37.3 Å². The number of aromatic nitrogens is 1. The van der Waals surface area contributed by atoms with E-state index in [1.165, 1.54) is 0 Å². The highest BCUT2D eigenvalue weighted by molar-refractivity contribution is 5.39. The molecule has 3 heteroatoms. The maximum Gasteiger partial charge on any atom is 0.128 e. The van der Waals surface area contributed by atoms with Gasteiger partial charge in [0.2, 0.25) is 0 Å². The molecule has 1 saturated heterocycles. The molecule has 3 nitrogen and oxygen atoms in total. The average Bonchev–Trinajstić information content (AvgIpc) is 2.30. The molecule has 1 fully saturated rings. The number of aliphatic hydroxyl groups excluding tert-OH is 1. The predicted octanol–water partition coefficient (Wildman–Crippen LogP) is 1.38. The number of nitrogens with zero attached hydrogens (tertiary/aromatic N) is 2. The molecule has 75 valence electrons. The van der Waals surface area contributed by atoms with Gasteiger partial charge in [-0.05, 0) is 30.9 Å². The molecule has 1 N–H and O–H groups in total. The van der Waals surface area contributed by atoms with Crippen LogP contribution in [0.2, 0.25) is 0 Å². The van der Waals surface area contributed by atoms with Crippen LogP contribution < -0.4 is 4.90 Å². The molecule has 0 saturated carbocycles. The van der Waals surface area contributed by atoms with Gasteiger partial charge >= 0.3 is 0 Å². The maximum absolute atomic E-state index is 8.88. The van der Waals surface area contributed by atoms with Crippen LogP contribution in [0.1, 0.15) is 18.4 Å². The SMILES string of the molecule is OCc1ccc(N2CC[CH]CC2)nc1. The van der Waals surface area contributed by atoms with Crippen LogP contribution in [0.4, 0.5) is 5.82 Å². The first-order chi connectivity index (χ1) is 6.90. The van der Waals surface area contributed by atoms with E-state index in [2.05, 4.69) is 16.3 Å². The van der Waals surface area contributed by atoms with Crippen LogP contribution in [-0.4, -0.2) is 23.2 Å². The fourth-order valence-electron chi connectivity index (χ4n) is 1.68. The van der Waals surface area contributed by atoms with Crippen molar-refractivity contribution in [3.63, 3.8) is 0 Å². The highest BCUT2D eigenvalue weighted by atomic mass is 16.3. The summed E-state index contributed by atoms with van der Waals surface area (Å²) in [5.41, 5.74) is 0.873. The van der Waals surface area contributed by atoms with Gasteiger partial charge in [0, 0.05) is 19.3 Å². The summed E-state index contributed by atoms with van der Waals surface area (Å²) in [7, 11) is 0. The third kappa shape index (κ3) is 2.04. The highest BCUT2D eigenvalue weighted by Gasteiger charge is 2.11. The van der Waals surface area contributed by atoms with Crippen molar-refractivity contribution in [3.8, 4) is 0 Å². The Balaban J connectivity index is 2.07. The van der Waals surface area contributed by atoms with Crippen molar-refractivity contribution in [1.82, 2.24) is 4.98 Å². The van der Waals surface area contributed by atoms with Crippen molar-refractivity contribution in [1.29, 1.82) is 0 Å². The lowest BCUT2D eigenvalue weighted by atomic mass is 10.1. The Labute approximate surface area is 84.4 Å². The topological polar surface area (TPSA) is 36.4 Å². The Morgan fingerprint density at radius 2 is 2.07 bits per heavy atom. The molecule has 1 radical (unpaired) electrons. The van der Waals surface area contributed by atoms with E-state index in [9.17, 15) is 0 Å². The van der Waals surface area contributed by atoms with E-state index in [4.69, 9.17) is 5.11 Å². The molecule has 0 bridgehead atoms. The molecule has 1 aliphatic heterocycles. The minimum Gasteiger partial charge on any atom is -0.392 e. The quantitative estimate of drug-likeness (QED) is 0.767. The van der Waals surface area contributed by atoms with Crippen LogP contribution in [0.5, 0.6) is 0 Å². The zero-order chi connectivity index (χ0) is 9.80. The Hall–Kier alpha value is -1.09. The third-order valence-electron chi connectivity index (χ3n) is 2.52. The molecule has 0 aliphatic carbocycles. The summed E-state index contributed by atoms with van der Waals surface area (Å²) in [6.45, 7) is 2.19. The summed E-state index contributed by atoms with van der Waals surface area (Å²) in [6, 6.07) is 3.91. The van der Waals surface area contributed by atoms with Crippen LogP contribution in [0.3, 0.4) is 0 Å². The van der Waals surface area contributed by atoms with E-state index in [1.54, 1.807) is 6.20 Å². The van der Waals surface area contributed by atoms with Crippen molar-refractivity contribution in [2.75, 3.05) is 18.0 Å². The predicted molar refractivity (Wildman–Crippen MR) is 55.9 cm³/mol. The number of aliphatic hydroxyl groups is 1. The highest BCUT2D eigenvalue weighted by Crippen LogP contribution is 2.16. The second kappa shape index (κ2) is 4.42. The van der Waals surface area contributed by atoms with Crippen LogP contribution in [0, 0.1) is 6.42 Å². The molecule has 0 aromatic carbocycles. The number of anilines is 1. The molecular weight excluding hydrogens is 176 g/mol. The molecule has 0 amide bonds. The second-order valence-corrected chi connectivity index (χ2v) is 3.54. The molecule has 0 unspecified atom stereocenters. The van der Waals surface area contributed by atoms with Gasteiger partial charge in [0.15, 0.2) is 0 Å². The first-order valence-electron chi connectivity index (χ1n) is 5.02. The molecule has 14 heavy (non-hydrogen) atoms. The number of hydrogen-bond acceptors (Lipinski definition) is 3. The standard InChI is InChI=1S/C11H15N2O/c14-9-10-4-5-11(12-8-10)13-6-2-1-3-7-13/h1,4-5,8,14H,2-3,6-7,9H2. The van der Waals surface area contributed by atoms with Gasteiger partial charge in [-0.15, -0.1) is 0 Å². The smallest absolute Gasteiger partial charge is 0.128 e. The molecule has 2 heterocycles. The number of rotatable bonds is 2. The molecule has 0 atom stereocenters. The number of pyridine rings is 1. The first kappa shape index (κ1) is 9.46. The van der Waals surface area contributed by atoms with E-state index < -0.39 is 0 Å². The van der Waals surface area contributed by atoms with Crippen molar-refractivity contribution < 1.29 is 5.11 Å². The fourth-order valence-corrected chi connectivity index (χ4v) is 1.68. The molecule has 1 aliphatic rings. The van der Waals surface area contributed by atoms with Crippen molar-refractivity contribution in [2.45, 2.75) is 19.4 Å². The van der Waals surface area contributed by atoms with Gasteiger partial charge in [0.05, 0.1) is 6.61 Å². The van der Waals surface area contributed by atoms with Gasteiger partial charge in [-0.2, -0.15) is 0 Å². The molecular formula is C11H15N2O. The van der Waals surface area contributed by atoms with Gasteiger partial charge in [-0.3, -0.25) is 0 Å². The van der Waals surface area contributed by atoms with Crippen molar-refractivity contribution in [3.05, 3.63) is 30.3 Å². The summed E-state index contributed by atoms with van der Waals surface area (Å²) >= 11 is 0. The van der Waals surface area contributed by atoms with Crippen molar-refractivity contribution >= 4 is 5.82 Å². The normalized spacial score (nSPS) is 17.1. The Bertz CT molecular complexity index is 278. The molecule has 0 spiro atoms. The zero-order valence-corrected chi connectivity index (χ0v) is 8.19. The Morgan fingerprint density at radius 3 is 2.64 bits per heavy atom. The van der Waals surface area contributed by atoms with Crippen LogP contribution in [0.15, 0.2) is 18.3 Å². The lowest BCUT2D eigenvalue weighted by molar-refractivity contribution is 0.281. The van der Waals surface area contributed by atoms with Crippen LogP contribution >= 0.6 is 0 Å². The second-order valence-electron chi connectivity index (χ2n) is 3.54. The average molecular weight is 191 g/mol. The van der Waals surface area contributed by atoms with Crippen LogP contribution in [0.25, 0.3) is 0 Å². The van der Waals surface area contributed by atoms with Gasteiger partial charge < -0.3 is 10.0 Å². The van der Waals surface area contributed by atoms with E-state index in [-0.39, 0.29) is 6.61 Å². The van der Waals surface area contributed by atoms with Gasteiger partial charge in [0.25, 0.3) is 0 Å². The minimum atomic E-state index is 0.0705. The summed E-state index contributed by atoms with van der Waals surface area (Å²) in [4.78, 5) is 6.60. The number of hydrogen-bond donors (Lipinski definition) is 1. The summed E-state index contributed by atoms with van der Waals surface area (Å²) in [5, 5.41) is 8.88. The summed E-state index contributed by atoms with van der Waals surface area (Å²) < 4.78 is 0. The fraction of sp³-hybridized carbons (Fsp3) is 0.455.